The lowest BCUT2D eigenvalue weighted by atomic mass is 9.87. The van der Waals surface area contributed by atoms with Crippen LogP contribution in [0.4, 0.5) is 4.79 Å². The molecule has 6 heteroatoms. The average molecular weight is 295 g/mol. The largest absolute Gasteiger partial charge is 0.341 e. The molecule has 21 heavy (non-hydrogen) atoms. The van der Waals surface area contributed by atoms with Crippen LogP contribution in [0.2, 0.25) is 0 Å². The lowest BCUT2D eigenvalue weighted by Gasteiger charge is -2.31. The van der Waals surface area contributed by atoms with E-state index in [-0.39, 0.29) is 23.8 Å². The van der Waals surface area contributed by atoms with Crippen LogP contribution < -0.4 is 5.32 Å². The maximum absolute atomic E-state index is 12.3. The number of imide groups is 1. The minimum absolute atomic E-state index is 0.139. The molecule has 2 atom stereocenters. The summed E-state index contributed by atoms with van der Waals surface area (Å²) in [6, 6.07) is -1.02. The van der Waals surface area contributed by atoms with Gasteiger partial charge in [0, 0.05) is 13.1 Å². The van der Waals surface area contributed by atoms with Gasteiger partial charge in [0.25, 0.3) is 5.91 Å². The third-order valence-electron chi connectivity index (χ3n) is 4.20. The first-order valence-electron chi connectivity index (χ1n) is 7.60. The zero-order valence-electron chi connectivity index (χ0n) is 13.3. The number of piperidine rings is 1. The summed E-state index contributed by atoms with van der Waals surface area (Å²) in [5.41, 5.74) is -0.357. The molecule has 0 saturated carbocycles. The summed E-state index contributed by atoms with van der Waals surface area (Å²) < 4.78 is 0. The molecule has 1 N–H and O–H groups in total. The van der Waals surface area contributed by atoms with Crippen LogP contribution in [0, 0.1) is 11.3 Å². The fourth-order valence-electron chi connectivity index (χ4n) is 2.91. The highest BCUT2D eigenvalue weighted by Crippen LogP contribution is 2.25. The van der Waals surface area contributed by atoms with Gasteiger partial charge in [-0.3, -0.25) is 14.5 Å². The number of rotatable bonds is 2. The second-order valence-corrected chi connectivity index (χ2v) is 7.26. The molecule has 2 aliphatic rings. The second-order valence-electron chi connectivity index (χ2n) is 7.26. The van der Waals surface area contributed by atoms with Crippen molar-refractivity contribution in [3.05, 3.63) is 0 Å². The van der Waals surface area contributed by atoms with Gasteiger partial charge in [-0.05, 0) is 24.2 Å². The molecule has 118 valence electrons. The molecule has 0 bridgehead atoms. The summed E-state index contributed by atoms with van der Waals surface area (Å²) in [7, 11) is 0. The van der Waals surface area contributed by atoms with Gasteiger partial charge >= 0.3 is 6.03 Å². The van der Waals surface area contributed by atoms with Crippen molar-refractivity contribution in [2.45, 2.75) is 46.6 Å². The maximum Gasteiger partial charge on any atom is 0.325 e. The first kappa shape index (κ1) is 15.8. The van der Waals surface area contributed by atoms with Gasteiger partial charge in [-0.1, -0.05) is 27.7 Å². The molecule has 4 amide bonds. The van der Waals surface area contributed by atoms with Crippen molar-refractivity contribution < 1.29 is 14.4 Å². The molecule has 2 saturated heterocycles. The predicted molar refractivity (Wildman–Crippen MR) is 78.5 cm³/mol. The molecule has 0 radical (unpaired) electrons. The maximum atomic E-state index is 12.3. The normalized spacial score (nSPS) is 27.0. The molecule has 0 spiro atoms. The smallest absolute Gasteiger partial charge is 0.325 e. The van der Waals surface area contributed by atoms with E-state index in [4.69, 9.17) is 0 Å². The zero-order valence-corrected chi connectivity index (χ0v) is 13.3. The Morgan fingerprint density at radius 1 is 1.33 bits per heavy atom. The second kappa shape index (κ2) is 5.66. The molecule has 0 aromatic carbocycles. The number of amides is 4. The summed E-state index contributed by atoms with van der Waals surface area (Å²) >= 11 is 0. The van der Waals surface area contributed by atoms with Crippen molar-refractivity contribution in [1.29, 1.82) is 0 Å². The quantitative estimate of drug-likeness (QED) is 0.779. The van der Waals surface area contributed by atoms with E-state index in [1.807, 2.05) is 20.8 Å². The van der Waals surface area contributed by atoms with E-state index in [9.17, 15) is 14.4 Å². The van der Waals surface area contributed by atoms with Crippen molar-refractivity contribution in [3.63, 3.8) is 0 Å². The van der Waals surface area contributed by atoms with Crippen LogP contribution in [0.15, 0.2) is 0 Å². The Kier molecular flexibility index (Phi) is 4.25. The summed E-state index contributed by atoms with van der Waals surface area (Å²) in [6.45, 7) is 9.09. The molecule has 2 fully saturated rings. The van der Waals surface area contributed by atoms with Crippen molar-refractivity contribution in [3.8, 4) is 0 Å². The van der Waals surface area contributed by atoms with Crippen LogP contribution in [0.3, 0.4) is 0 Å². The van der Waals surface area contributed by atoms with Crippen LogP contribution in [0.1, 0.15) is 40.5 Å². The van der Waals surface area contributed by atoms with Gasteiger partial charge in [-0.25, -0.2) is 4.79 Å². The minimum atomic E-state index is -0.557. The summed E-state index contributed by atoms with van der Waals surface area (Å²) in [4.78, 5) is 39.4. The Balaban J connectivity index is 2.01. The van der Waals surface area contributed by atoms with E-state index in [1.165, 1.54) is 0 Å². The molecule has 0 aromatic heterocycles. The van der Waals surface area contributed by atoms with Crippen molar-refractivity contribution in [1.82, 2.24) is 15.1 Å². The number of hydrogen-bond donors (Lipinski definition) is 1. The van der Waals surface area contributed by atoms with Crippen molar-refractivity contribution in [2.24, 2.45) is 11.3 Å². The van der Waals surface area contributed by atoms with E-state index >= 15 is 0 Å². The van der Waals surface area contributed by atoms with E-state index in [0.717, 1.165) is 24.3 Å². The van der Waals surface area contributed by atoms with Crippen LogP contribution >= 0.6 is 0 Å². The first-order valence-corrected chi connectivity index (χ1v) is 7.60. The van der Waals surface area contributed by atoms with E-state index in [2.05, 4.69) is 12.2 Å². The number of nitrogens with one attached hydrogen (secondary N) is 1. The van der Waals surface area contributed by atoms with Gasteiger partial charge in [0.2, 0.25) is 5.91 Å². The van der Waals surface area contributed by atoms with Gasteiger partial charge < -0.3 is 10.2 Å². The molecule has 2 rings (SSSR count). The molecule has 6 nitrogen and oxygen atoms in total. The Morgan fingerprint density at radius 3 is 2.52 bits per heavy atom. The molecule has 0 aromatic rings. The average Bonchev–Trinajstić information content (AvgIpc) is 2.66. The van der Waals surface area contributed by atoms with Gasteiger partial charge in [-0.15, -0.1) is 0 Å². The van der Waals surface area contributed by atoms with Crippen LogP contribution in [-0.4, -0.2) is 53.3 Å². The summed E-state index contributed by atoms with van der Waals surface area (Å²) in [5, 5.41) is 2.68. The number of hydrogen-bond acceptors (Lipinski definition) is 3. The molecular formula is C15H25N3O3. The Morgan fingerprint density at radius 2 is 2.00 bits per heavy atom. The van der Waals surface area contributed by atoms with E-state index < -0.39 is 12.1 Å². The third kappa shape index (κ3) is 3.36. The Hall–Kier alpha value is -1.59. The summed E-state index contributed by atoms with van der Waals surface area (Å²) in [6.07, 6.45) is 2.11. The number of nitrogens with zero attached hydrogens (tertiary/aromatic N) is 2. The molecule has 2 heterocycles. The van der Waals surface area contributed by atoms with Crippen LogP contribution in [-0.2, 0) is 9.59 Å². The van der Waals surface area contributed by atoms with Crippen molar-refractivity contribution in [2.75, 3.05) is 19.6 Å². The highest BCUT2D eigenvalue weighted by atomic mass is 16.2. The Labute approximate surface area is 125 Å². The Bertz CT molecular complexity index is 456. The van der Waals surface area contributed by atoms with Gasteiger partial charge in [0.1, 0.15) is 12.6 Å². The topological polar surface area (TPSA) is 69.7 Å². The fraction of sp³-hybridized carbons (Fsp3) is 0.800. The lowest BCUT2D eigenvalue weighted by Crippen LogP contribution is -2.47. The van der Waals surface area contributed by atoms with E-state index in [0.29, 0.717) is 12.5 Å². The minimum Gasteiger partial charge on any atom is -0.341 e. The highest BCUT2D eigenvalue weighted by molar-refractivity contribution is 6.06. The van der Waals surface area contributed by atoms with Gasteiger partial charge in [-0.2, -0.15) is 0 Å². The van der Waals surface area contributed by atoms with E-state index in [1.54, 1.807) is 4.90 Å². The van der Waals surface area contributed by atoms with Crippen molar-refractivity contribution >= 4 is 17.8 Å². The summed E-state index contributed by atoms with van der Waals surface area (Å²) in [5.74, 6) is 0.0404. The lowest BCUT2D eigenvalue weighted by molar-refractivity contribution is -0.139. The van der Waals surface area contributed by atoms with Crippen LogP contribution in [0.5, 0.6) is 0 Å². The number of carbonyl (C=O) groups is 3. The third-order valence-corrected chi connectivity index (χ3v) is 4.20. The monoisotopic (exact) mass is 295 g/mol. The number of urea groups is 1. The molecule has 0 aliphatic carbocycles. The fourth-order valence-corrected chi connectivity index (χ4v) is 2.91. The molecular weight excluding hydrogens is 270 g/mol. The first-order chi connectivity index (χ1) is 9.70. The van der Waals surface area contributed by atoms with Gasteiger partial charge in [0.05, 0.1) is 0 Å². The number of likely N-dealkylation sites (tertiary alicyclic amines) is 1. The molecule has 2 unspecified atom stereocenters. The predicted octanol–water partition coefficient (Wildman–Crippen LogP) is 1.21. The standard InChI is InChI=1S/C15H25N3O3/c1-10-6-5-7-17(8-10)11(19)9-18-13(20)12(15(2,3)4)16-14(18)21/h10,12H,5-9H2,1-4H3,(H,16,21). The number of carbonyl (C=O) groups excluding carboxylic acids is 3. The van der Waals surface area contributed by atoms with Gasteiger partial charge in [0.15, 0.2) is 0 Å². The highest BCUT2D eigenvalue weighted by Gasteiger charge is 2.45. The zero-order chi connectivity index (χ0) is 15.8. The SMILES string of the molecule is CC1CCCN(C(=O)CN2C(=O)NC(C(C)(C)C)C2=O)C1. The molecule has 2 aliphatic heterocycles. The van der Waals surface area contributed by atoms with Crippen LogP contribution in [0.25, 0.3) is 0 Å².